The highest BCUT2D eigenvalue weighted by atomic mass is 32.2. The summed E-state index contributed by atoms with van der Waals surface area (Å²) in [4.78, 5) is 31.8. The number of nitrogens with one attached hydrogen (secondary N) is 1. The highest BCUT2D eigenvalue weighted by Crippen LogP contribution is 2.27. The van der Waals surface area contributed by atoms with Crippen LogP contribution in [0.15, 0.2) is 45.8 Å². The minimum atomic E-state index is -1.68. The lowest BCUT2D eigenvalue weighted by atomic mass is 10.2. The fraction of sp³-hybridized carbons (Fsp3) is 0.273. The molecule has 1 aromatic heterocycles. The predicted molar refractivity (Wildman–Crippen MR) is 116 cm³/mol. The quantitative estimate of drug-likeness (QED) is 0.358. The molecule has 174 valence electrons. The van der Waals surface area contributed by atoms with Crippen LogP contribution in [0.5, 0.6) is 0 Å². The lowest BCUT2D eigenvalue weighted by Crippen LogP contribution is -2.38. The number of aromatic nitrogens is 2. The Hall–Kier alpha value is -3.34. The molecule has 0 fully saturated rings. The predicted octanol–water partition coefficient (Wildman–Crippen LogP) is 4.58. The second-order valence-corrected chi connectivity index (χ2v) is 8.03. The molecule has 0 aliphatic carbocycles. The Kier molecular flexibility index (Phi) is 8.10. The number of benzene rings is 2. The number of hydrogen-bond acceptors (Lipinski definition) is 6. The molecule has 3 aromatic rings. The van der Waals surface area contributed by atoms with Gasteiger partial charge in [-0.1, -0.05) is 24.2 Å². The van der Waals surface area contributed by atoms with Gasteiger partial charge in [0.15, 0.2) is 23.3 Å². The van der Waals surface area contributed by atoms with Crippen molar-refractivity contribution in [2.75, 3.05) is 18.4 Å². The molecule has 0 atom stereocenters. The van der Waals surface area contributed by atoms with Gasteiger partial charge in [0.1, 0.15) is 6.54 Å². The van der Waals surface area contributed by atoms with Crippen molar-refractivity contribution < 1.29 is 27.3 Å². The molecule has 7 nitrogen and oxygen atoms in total. The number of carbonyl (C=O) groups is 2. The van der Waals surface area contributed by atoms with E-state index in [1.165, 1.54) is 16.7 Å². The number of hydrogen-bond donors (Lipinski definition) is 1. The Balaban J connectivity index is 1.73. The minimum absolute atomic E-state index is 0.259. The van der Waals surface area contributed by atoms with Crippen LogP contribution in [0, 0.1) is 24.4 Å². The number of thioether (sulfide) groups is 1. The molecule has 0 aliphatic heterocycles. The summed E-state index contributed by atoms with van der Waals surface area (Å²) in [5.74, 6) is -4.39. The topological polar surface area (TPSA) is 88.3 Å². The largest absolute Gasteiger partial charge is 0.340 e. The van der Waals surface area contributed by atoms with Crippen molar-refractivity contribution in [2.45, 2.75) is 30.9 Å². The summed E-state index contributed by atoms with van der Waals surface area (Å²) in [6, 6.07) is 8.53. The van der Waals surface area contributed by atoms with Gasteiger partial charge in [-0.15, -0.1) is 11.8 Å². The summed E-state index contributed by atoms with van der Waals surface area (Å²) >= 11 is 1.34. The number of carbonyl (C=O) groups excluding carboxylic acids is 2. The molecule has 1 heterocycles. The summed E-state index contributed by atoms with van der Waals surface area (Å²) in [5.41, 5.74) is -0.128. The van der Waals surface area contributed by atoms with Crippen LogP contribution in [0.2, 0.25) is 0 Å². The van der Waals surface area contributed by atoms with E-state index < -0.39 is 41.5 Å². The van der Waals surface area contributed by atoms with Gasteiger partial charge < -0.3 is 14.7 Å². The van der Waals surface area contributed by atoms with Crippen molar-refractivity contribution in [3.05, 3.63) is 71.1 Å². The molecule has 0 saturated carbocycles. The molecular formula is C22H21F3N4O3S. The molecule has 0 aliphatic rings. The lowest BCUT2D eigenvalue weighted by Gasteiger charge is -2.23. The zero-order chi connectivity index (χ0) is 24.0. The number of anilines is 1. The smallest absolute Gasteiger partial charge is 0.255 e. The van der Waals surface area contributed by atoms with Gasteiger partial charge in [-0.2, -0.15) is 4.98 Å². The van der Waals surface area contributed by atoms with Crippen LogP contribution < -0.4 is 5.32 Å². The normalized spacial score (nSPS) is 10.8. The molecule has 0 radical (unpaired) electrons. The summed E-state index contributed by atoms with van der Waals surface area (Å²) in [7, 11) is 0. The second-order valence-electron chi connectivity index (χ2n) is 7.01. The number of amides is 2. The number of halogens is 3. The third kappa shape index (κ3) is 6.13. The van der Waals surface area contributed by atoms with Crippen molar-refractivity contribution >= 4 is 29.3 Å². The van der Waals surface area contributed by atoms with Crippen molar-refractivity contribution in [1.82, 2.24) is 15.0 Å². The Morgan fingerprint density at radius 1 is 1.12 bits per heavy atom. The maximum Gasteiger partial charge on any atom is 0.255 e. The van der Waals surface area contributed by atoms with Crippen LogP contribution in [-0.2, 0) is 10.5 Å². The van der Waals surface area contributed by atoms with Crippen molar-refractivity contribution in [2.24, 2.45) is 0 Å². The SMILES string of the molecule is CCCN(CC(=O)Nc1ccc(F)c(F)c1F)C(=O)c1ccccc1SCc1noc(C)n1. The zero-order valence-electron chi connectivity index (χ0n) is 17.9. The van der Waals surface area contributed by atoms with Crippen LogP contribution in [-0.4, -0.2) is 39.9 Å². The van der Waals surface area contributed by atoms with Crippen LogP contribution in [0.25, 0.3) is 0 Å². The third-order valence-corrected chi connectivity index (χ3v) is 5.54. The van der Waals surface area contributed by atoms with Crippen molar-refractivity contribution in [3.8, 4) is 0 Å². The first-order valence-corrected chi connectivity index (χ1v) is 11.0. The van der Waals surface area contributed by atoms with Crippen LogP contribution >= 0.6 is 11.8 Å². The van der Waals surface area contributed by atoms with E-state index in [1.807, 2.05) is 6.92 Å². The monoisotopic (exact) mass is 478 g/mol. The first-order valence-electron chi connectivity index (χ1n) is 10.0. The molecular weight excluding hydrogens is 457 g/mol. The van der Waals surface area contributed by atoms with Gasteiger partial charge >= 0.3 is 0 Å². The van der Waals surface area contributed by atoms with Crippen LogP contribution in [0.1, 0.15) is 35.4 Å². The third-order valence-electron chi connectivity index (χ3n) is 4.47. The maximum atomic E-state index is 13.9. The molecule has 11 heteroatoms. The summed E-state index contributed by atoms with van der Waals surface area (Å²) in [6.07, 6.45) is 0.565. The van der Waals surface area contributed by atoms with E-state index >= 15 is 0 Å². The molecule has 2 aromatic carbocycles. The highest BCUT2D eigenvalue weighted by molar-refractivity contribution is 7.98. The first kappa shape index (κ1) is 24.3. The molecule has 1 N–H and O–H groups in total. The Morgan fingerprint density at radius 3 is 2.58 bits per heavy atom. The van der Waals surface area contributed by atoms with Gasteiger partial charge in [0, 0.05) is 18.4 Å². The number of aryl methyl sites for hydroxylation is 1. The average molecular weight is 478 g/mol. The fourth-order valence-electron chi connectivity index (χ4n) is 2.99. The van der Waals surface area contributed by atoms with Gasteiger partial charge in [0.2, 0.25) is 11.8 Å². The van der Waals surface area contributed by atoms with E-state index in [-0.39, 0.29) is 6.54 Å². The Bertz CT molecular complexity index is 1160. The van der Waals surface area contributed by atoms with Gasteiger partial charge in [0.05, 0.1) is 17.0 Å². The van der Waals surface area contributed by atoms with Crippen LogP contribution in [0.3, 0.4) is 0 Å². The highest BCUT2D eigenvalue weighted by Gasteiger charge is 2.22. The van der Waals surface area contributed by atoms with E-state index in [2.05, 4.69) is 15.5 Å². The molecule has 0 unspecified atom stereocenters. The summed E-state index contributed by atoms with van der Waals surface area (Å²) in [5, 5.41) is 6.02. The molecule has 0 spiro atoms. The van der Waals surface area contributed by atoms with Gasteiger partial charge in [-0.3, -0.25) is 9.59 Å². The molecule has 3 rings (SSSR count). The summed E-state index contributed by atoms with van der Waals surface area (Å²) in [6.45, 7) is 3.38. The Morgan fingerprint density at radius 2 is 1.88 bits per heavy atom. The fourth-order valence-corrected chi connectivity index (χ4v) is 3.88. The average Bonchev–Trinajstić information content (AvgIpc) is 3.22. The van der Waals surface area contributed by atoms with Crippen LogP contribution in [0.4, 0.5) is 18.9 Å². The van der Waals surface area contributed by atoms with Crippen molar-refractivity contribution in [3.63, 3.8) is 0 Å². The molecule has 0 bridgehead atoms. The number of nitrogens with zero attached hydrogens (tertiary/aromatic N) is 3. The molecule has 33 heavy (non-hydrogen) atoms. The lowest BCUT2D eigenvalue weighted by molar-refractivity contribution is -0.116. The van der Waals surface area contributed by atoms with E-state index in [0.29, 0.717) is 40.4 Å². The zero-order valence-corrected chi connectivity index (χ0v) is 18.7. The van der Waals surface area contributed by atoms with Gasteiger partial charge in [0.25, 0.3) is 5.91 Å². The standard InChI is InChI=1S/C22H21F3N4O3S/c1-3-10-29(11-19(30)27-16-9-8-15(23)20(24)21(16)25)22(31)14-6-4-5-7-17(14)33-12-18-26-13(2)32-28-18/h4-9H,3,10-12H2,1-2H3,(H,27,30). The first-order chi connectivity index (χ1) is 15.8. The molecule has 0 saturated heterocycles. The van der Waals surface area contributed by atoms with Gasteiger partial charge in [-0.05, 0) is 30.7 Å². The van der Waals surface area contributed by atoms with E-state index in [1.54, 1.807) is 31.2 Å². The van der Waals surface area contributed by atoms with Crippen molar-refractivity contribution in [1.29, 1.82) is 0 Å². The maximum absolute atomic E-state index is 13.9. The molecule has 2 amide bonds. The minimum Gasteiger partial charge on any atom is -0.340 e. The van der Waals surface area contributed by atoms with E-state index in [0.717, 1.165) is 6.07 Å². The van der Waals surface area contributed by atoms with Gasteiger partial charge in [-0.25, -0.2) is 13.2 Å². The number of rotatable bonds is 9. The van der Waals surface area contributed by atoms with E-state index in [9.17, 15) is 22.8 Å². The van der Waals surface area contributed by atoms with E-state index in [4.69, 9.17) is 4.52 Å². The second kappa shape index (κ2) is 11.0. The summed E-state index contributed by atoms with van der Waals surface area (Å²) < 4.78 is 45.4. The Labute approximate surface area is 192 Å².